The molecule has 0 fully saturated rings. The molecule has 2 heteroatoms. The number of benzene rings is 1. The molecule has 1 aromatic rings. The van der Waals surface area contributed by atoms with E-state index in [-0.39, 0.29) is 12.4 Å². The lowest BCUT2D eigenvalue weighted by atomic mass is 10.1. The quantitative estimate of drug-likeness (QED) is 0.672. The number of hydrogen-bond donors (Lipinski definition) is 1. The average Bonchev–Trinajstić information content (AvgIpc) is 2.15. The van der Waals surface area contributed by atoms with Crippen molar-refractivity contribution in [3.8, 4) is 0 Å². The summed E-state index contributed by atoms with van der Waals surface area (Å²) in [6.07, 6.45) is 2.53. The van der Waals surface area contributed by atoms with Crippen molar-refractivity contribution in [3.05, 3.63) is 35.4 Å². The Labute approximate surface area is 93.3 Å². The summed E-state index contributed by atoms with van der Waals surface area (Å²) in [5, 5.41) is 3.44. The largest absolute Gasteiger partial charge is 1.00 e. The molecule has 0 atom stereocenters. The number of unbranched alkanes of at least 4 members (excludes halogenated alkanes) is 1. The minimum Gasteiger partial charge on any atom is -1.00 e. The highest BCUT2D eigenvalue weighted by molar-refractivity contribution is 5.25. The van der Waals surface area contributed by atoms with Crippen molar-refractivity contribution in [1.82, 2.24) is 5.32 Å². The molecule has 1 aromatic carbocycles. The van der Waals surface area contributed by atoms with Crippen LogP contribution in [0, 0.1) is 6.92 Å². The number of nitrogens with one attached hydrogen (secondary N) is 1. The Morgan fingerprint density at radius 1 is 1.21 bits per heavy atom. The fourth-order valence-corrected chi connectivity index (χ4v) is 1.33. The van der Waals surface area contributed by atoms with Crippen LogP contribution in [0.15, 0.2) is 24.3 Å². The lowest BCUT2D eigenvalue weighted by molar-refractivity contribution is -0.00000288. The molecule has 0 aromatic heterocycles. The molecule has 80 valence electrons. The van der Waals surface area contributed by atoms with Crippen LogP contribution in [0.3, 0.4) is 0 Å². The normalized spacial score (nSPS) is 9.57. The summed E-state index contributed by atoms with van der Waals surface area (Å²) in [5.41, 5.74) is 2.80. The van der Waals surface area contributed by atoms with E-state index in [1.165, 1.54) is 24.0 Å². The van der Waals surface area contributed by atoms with Crippen LogP contribution < -0.4 is 17.7 Å². The van der Waals surface area contributed by atoms with Gasteiger partial charge in [-0.3, -0.25) is 0 Å². The average molecular weight is 213 g/mol. The van der Waals surface area contributed by atoms with Gasteiger partial charge in [0.15, 0.2) is 0 Å². The zero-order chi connectivity index (χ0) is 9.52. The molecule has 0 heterocycles. The van der Waals surface area contributed by atoms with E-state index >= 15 is 0 Å². The van der Waals surface area contributed by atoms with Gasteiger partial charge in [-0.1, -0.05) is 37.6 Å². The Balaban J connectivity index is 0.00000169. The van der Waals surface area contributed by atoms with Crippen molar-refractivity contribution in [2.75, 3.05) is 6.54 Å². The minimum absolute atomic E-state index is 0. The summed E-state index contributed by atoms with van der Waals surface area (Å²) in [5.74, 6) is 0. The van der Waals surface area contributed by atoms with Gasteiger partial charge in [0.25, 0.3) is 0 Å². The van der Waals surface area contributed by atoms with Gasteiger partial charge in [0.1, 0.15) is 0 Å². The van der Waals surface area contributed by atoms with Crippen molar-refractivity contribution < 1.29 is 12.4 Å². The first-order valence-electron chi connectivity index (χ1n) is 5.10. The topological polar surface area (TPSA) is 12.0 Å². The Bertz CT molecular complexity index is 248. The number of rotatable bonds is 5. The van der Waals surface area contributed by atoms with Crippen LogP contribution in [0.5, 0.6) is 0 Å². The molecule has 1 rings (SSSR count). The Kier molecular flexibility index (Phi) is 7.54. The number of halogens is 1. The maximum Gasteiger partial charge on any atom is 0.0208 e. The van der Waals surface area contributed by atoms with Crippen LogP contribution in [-0.2, 0) is 6.54 Å². The molecule has 0 aliphatic rings. The molecular weight excluding hydrogens is 194 g/mol. The lowest BCUT2D eigenvalue weighted by Crippen LogP contribution is -3.00. The molecule has 0 radical (unpaired) electrons. The second-order valence-electron chi connectivity index (χ2n) is 3.46. The lowest BCUT2D eigenvalue weighted by Gasteiger charge is -2.06. The van der Waals surface area contributed by atoms with Crippen molar-refractivity contribution in [1.29, 1.82) is 0 Å². The van der Waals surface area contributed by atoms with E-state index in [4.69, 9.17) is 0 Å². The van der Waals surface area contributed by atoms with Crippen molar-refractivity contribution >= 4 is 0 Å². The number of aryl methyl sites for hydroxylation is 1. The van der Waals surface area contributed by atoms with Crippen LogP contribution in [0.25, 0.3) is 0 Å². The molecule has 14 heavy (non-hydrogen) atoms. The minimum atomic E-state index is 0. The summed E-state index contributed by atoms with van der Waals surface area (Å²) in [4.78, 5) is 0. The Morgan fingerprint density at radius 3 is 2.57 bits per heavy atom. The van der Waals surface area contributed by atoms with E-state index < -0.39 is 0 Å². The van der Waals surface area contributed by atoms with Gasteiger partial charge in [-0.25, -0.2) is 0 Å². The molecule has 1 N–H and O–H groups in total. The third kappa shape index (κ3) is 4.64. The summed E-state index contributed by atoms with van der Waals surface area (Å²) in [6.45, 7) is 6.52. The molecule has 0 saturated carbocycles. The van der Waals surface area contributed by atoms with E-state index in [1.54, 1.807) is 0 Å². The molecular formula is C12H19ClN-. The zero-order valence-electron chi connectivity index (χ0n) is 9.02. The predicted octanol–water partition coefficient (Wildman–Crippen LogP) is -0.111. The molecule has 0 saturated heterocycles. The number of hydrogen-bond acceptors (Lipinski definition) is 1. The summed E-state index contributed by atoms with van der Waals surface area (Å²) >= 11 is 0. The van der Waals surface area contributed by atoms with Crippen LogP contribution in [0.2, 0.25) is 0 Å². The first-order valence-corrected chi connectivity index (χ1v) is 5.10. The third-order valence-electron chi connectivity index (χ3n) is 2.28. The van der Waals surface area contributed by atoms with Gasteiger partial charge in [0, 0.05) is 6.54 Å². The molecule has 1 nitrogen and oxygen atoms in total. The summed E-state index contributed by atoms with van der Waals surface area (Å²) in [7, 11) is 0. The smallest absolute Gasteiger partial charge is 0.0208 e. The van der Waals surface area contributed by atoms with Crippen molar-refractivity contribution in [3.63, 3.8) is 0 Å². The van der Waals surface area contributed by atoms with Crippen molar-refractivity contribution in [2.24, 2.45) is 0 Å². The second kappa shape index (κ2) is 7.84. The highest BCUT2D eigenvalue weighted by atomic mass is 35.5. The molecule has 0 amide bonds. The van der Waals surface area contributed by atoms with E-state index in [0.717, 1.165) is 13.1 Å². The van der Waals surface area contributed by atoms with E-state index in [2.05, 4.69) is 43.4 Å². The first kappa shape index (κ1) is 13.5. The van der Waals surface area contributed by atoms with Crippen LogP contribution >= 0.6 is 0 Å². The molecule has 0 aliphatic carbocycles. The second-order valence-corrected chi connectivity index (χ2v) is 3.46. The van der Waals surface area contributed by atoms with Crippen LogP contribution in [-0.4, -0.2) is 6.54 Å². The molecule has 0 bridgehead atoms. The van der Waals surface area contributed by atoms with E-state index in [1.807, 2.05) is 0 Å². The monoisotopic (exact) mass is 212 g/mol. The van der Waals surface area contributed by atoms with Gasteiger partial charge >= 0.3 is 0 Å². The highest BCUT2D eigenvalue weighted by Crippen LogP contribution is 2.05. The summed E-state index contributed by atoms with van der Waals surface area (Å²) in [6, 6.07) is 8.54. The van der Waals surface area contributed by atoms with Crippen molar-refractivity contribution in [2.45, 2.75) is 33.2 Å². The predicted molar refractivity (Wildman–Crippen MR) is 57.8 cm³/mol. The maximum atomic E-state index is 3.44. The highest BCUT2D eigenvalue weighted by Gasteiger charge is 1.94. The first-order chi connectivity index (χ1) is 6.34. The van der Waals surface area contributed by atoms with Gasteiger partial charge < -0.3 is 17.7 Å². The van der Waals surface area contributed by atoms with Crippen LogP contribution in [0.4, 0.5) is 0 Å². The fraction of sp³-hybridized carbons (Fsp3) is 0.500. The Morgan fingerprint density at radius 2 is 1.93 bits per heavy atom. The van der Waals surface area contributed by atoms with Crippen LogP contribution in [0.1, 0.15) is 30.9 Å². The molecule has 0 aliphatic heterocycles. The third-order valence-corrected chi connectivity index (χ3v) is 2.28. The van der Waals surface area contributed by atoms with Gasteiger partial charge in [-0.15, -0.1) is 0 Å². The summed E-state index contributed by atoms with van der Waals surface area (Å²) < 4.78 is 0. The standard InChI is InChI=1S/C12H19N.ClH/c1-3-4-9-13-10-12-8-6-5-7-11(12)2;/h5-8,13H,3-4,9-10H2,1-2H3;1H/p-1. The van der Waals surface area contributed by atoms with Gasteiger partial charge in [-0.2, -0.15) is 0 Å². The van der Waals surface area contributed by atoms with E-state index in [9.17, 15) is 0 Å². The molecule has 0 unspecified atom stereocenters. The van der Waals surface area contributed by atoms with Gasteiger partial charge in [0.05, 0.1) is 0 Å². The van der Waals surface area contributed by atoms with Gasteiger partial charge in [-0.05, 0) is 31.0 Å². The van der Waals surface area contributed by atoms with Gasteiger partial charge in [0.2, 0.25) is 0 Å². The maximum absolute atomic E-state index is 3.44. The zero-order valence-corrected chi connectivity index (χ0v) is 9.77. The Hall–Kier alpha value is -0.530. The SMILES string of the molecule is CCCCNCc1ccccc1C.[Cl-]. The molecule has 0 spiro atoms. The van der Waals surface area contributed by atoms with E-state index in [0.29, 0.717) is 0 Å². The fourth-order valence-electron chi connectivity index (χ4n) is 1.33.